The molecule has 0 bridgehead atoms. The van der Waals surface area contributed by atoms with E-state index >= 15 is 0 Å². The summed E-state index contributed by atoms with van der Waals surface area (Å²) in [6.45, 7) is 7.93. The summed E-state index contributed by atoms with van der Waals surface area (Å²) in [6.07, 6.45) is 3.50. The number of hydrogen-bond acceptors (Lipinski definition) is 3. The van der Waals surface area contributed by atoms with Crippen LogP contribution in [0, 0.1) is 5.92 Å². The SMILES string of the molecule is C=Cc1ccc(S(=O)(=O)OCC(CC)CC)cc1. The number of hydrogen-bond donors (Lipinski definition) is 0. The maximum Gasteiger partial charge on any atom is 0.296 e. The quantitative estimate of drug-likeness (QED) is 0.711. The van der Waals surface area contributed by atoms with Crippen molar-refractivity contribution >= 4 is 16.2 Å². The Hall–Kier alpha value is -1.13. The van der Waals surface area contributed by atoms with Gasteiger partial charge in [0.25, 0.3) is 10.1 Å². The molecule has 0 saturated carbocycles. The highest BCUT2D eigenvalue weighted by Gasteiger charge is 2.16. The molecule has 0 aliphatic rings. The molecule has 1 rings (SSSR count). The second-order valence-corrected chi connectivity index (χ2v) is 5.81. The Balaban J connectivity index is 2.76. The molecule has 0 N–H and O–H groups in total. The maximum absolute atomic E-state index is 11.9. The Morgan fingerprint density at radius 2 is 1.78 bits per heavy atom. The van der Waals surface area contributed by atoms with E-state index in [0.29, 0.717) is 0 Å². The van der Waals surface area contributed by atoms with Crippen LogP contribution in [0.1, 0.15) is 32.3 Å². The summed E-state index contributed by atoms with van der Waals surface area (Å²) in [5.41, 5.74) is 0.883. The third-order valence-corrected chi connectivity index (χ3v) is 4.31. The normalized spacial score (nSPS) is 11.7. The zero-order valence-electron chi connectivity index (χ0n) is 10.9. The minimum absolute atomic E-state index is 0.194. The van der Waals surface area contributed by atoms with E-state index in [4.69, 9.17) is 4.18 Å². The van der Waals surface area contributed by atoms with Gasteiger partial charge in [0.15, 0.2) is 0 Å². The molecule has 0 aromatic heterocycles. The second-order valence-electron chi connectivity index (χ2n) is 4.19. The summed E-state index contributed by atoms with van der Waals surface area (Å²) in [4.78, 5) is 0.194. The standard InChI is InChI=1S/C14H20O3S/c1-4-12(5-2)11-17-18(15,16)14-9-7-13(6-3)8-10-14/h6-10,12H,3-5,11H2,1-2H3. The van der Waals surface area contributed by atoms with Crippen LogP contribution in [0.2, 0.25) is 0 Å². The van der Waals surface area contributed by atoms with Crippen LogP contribution >= 0.6 is 0 Å². The Bertz CT molecular complexity index is 470. The van der Waals surface area contributed by atoms with E-state index in [1.165, 1.54) is 0 Å². The first-order valence-electron chi connectivity index (χ1n) is 6.15. The minimum atomic E-state index is -3.63. The summed E-state index contributed by atoms with van der Waals surface area (Å²) in [5, 5.41) is 0. The van der Waals surface area contributed by atoms with Gasteiger partial charge in [-0.2, -0.15) is 8.42 Å². The zero-order chi connectivity index (χ0) is 13.6. The van der Waals surface area contributed by atoms with Crippen LogP contribution in [0.4, 0.5) is 0 Å². The zero-order valence-corrected chi connectivity index (χ0v) is 11.7. The van der Waals surface area contributed by atoms with Crippen LogP contribution in [0.15, 0.2) is 35.7 Å². The van der Waals surface area contributed by atoms with Gasteiger partial charge in [0, 0.05) is 0 Å². The van der Waals surface area contributed by atoms with Crippen LogP contribution in [0.25, 0.3) is 6.08 Å². The van der Waals surface area contributed by atoms with Crippen molar-refractivity contribution < 1.29 is 12.6 Å². The summed E-state index contributed by atoms with van der Waals surface area (Å²) in [7, 11) is -3.63. The molecule has 0 unspecified atom stereocenters. The Labute approximate surface area is 110 Å². The third-order valence-electron chi connectivity index (χ3n) is 3.02. The first kappa shape index (κ1) is 14.9. The first-order chi connectivity index (χ1) is 8.53. The molecule has 0 spiro atoms. The number of rotatable bonds is 7. The van der Waals surface area contributed by atoms with Crippen molar-refractivity contribution in [2.24, 2.45) is 5.92 Å². The highest BCUT2D eigenvalue weighted by molar-refractivity contribution is 7.86. The molecular weight excluding hydrogens is 248 g/mol. The van der Waals surface area contributed by atoms with Gasteiger partial charge in [0.1, 0.15) is 0 Å². The van der Waals surface area contributed by atoms with Gasteiger partial charge >= 0.3 is 0 Å². The van der Waals surface area contributed by atoms with Gasteiger partial charge < -0.3 is 0 Å². The lowest BCUT2D eigenvalue weighted by Gasteiger charge is -2.12. The fourth-order valence-corrected chi connectivity index (χ4v) is 2.53. The molecule has 0 aliphatic heterocycles. The van der Waals surface area contributed by atoms with Gasteiger partial charge in [0.05, 0.1) is 11.5 Å². The fraction of sp³-hybridized carbons (Fsp3) is 0.429. The summed E-state index contributed by atoms with van der Waals surface area (Å²) in [6, 6.07) is 6.50. The second kappa shape index (κ2) is 6.71. The van der Waals surface area contributed by atoms with Crippen molar-refractivity contribution in [2.45, 2.75) is 31.6 Å². The van der Waals surface area contributed by atoms with E-state index in [1.807, 2.05) is 13.8 Å². The largest absolute Gasteiger partial charge is 0.296 e. The smallest absolute Gasteiger partial charge is 0.266 e. The van der Waals surface area contributed by atoms with E-state index in [9.17, 15) is 8.42 Å². The van der Waals surface area contributed by atoms with Gasteiger partial charge in [-0.15, -0.1) is 0 Å². The predicted octanol–water partition coefficient (Wildman–Crippen LogP) is 3.47. The van der Waals surface area contributed by atoms with Crippen molar-refractivity contribution in [3.8, 4) is 0 Å². The molecule has 1 aromatic rings. The van der Waals surface area contributed by atoms with Crippen LogP contribution in [0.5, 0.6) is 0 Å². The summed E-state index contributed by atoms with van der Waals surface area (Å²) < 4.78 is 28.9. The lowest BCUT2D eigenvalue weighted by Crippen LogP contribution is -2.13. The van der Waals surface area contributed by atoms with Crippen LogP contribution in [-0.4, -0.2) is 15.0 Å². The van der Waals surface area contributed by atoms with E-state index in [-0.39, 0.29) is 17.4 Å². The topological polar surface area (TPSA) is 43.4 Å². The number of benzene rings is 1. The van der Waals surface area contributed by atoms with Crippen molar-refractivity contribution in [3.05, 3.63) is 36.4 Å². The van der Waals surface area contributed by atoms with Gasteiger partial charge in [0.2, 0.25) is 0 Å². The average molecular weight is 268 g/mol. The predicted molar refractivity (Wildman–Crippen MR) is 73.7 cm³/mol. The molecule has 100 valence electrons. The van der Waals surface area contributed by atoms with E-state index in [0.717, 1.165) is 18.4 Å². The molecule has 4 heteroatoms. The lowest BCUT2D eigenvalue weighted by atomic mass is 10.1. The summed E-state index contributed by atoms with van der Waals surface area (Å²) in [5.74, 6) is 0.284. The van der Waals surface area contributed by atoms with E-state index < -0.39 is 10.1 Å². The van der Waals surface area contributed by atoms with Gasteiger partial charge in [-0.3, -0.25) is 4.18 Å². The highest BCUT2D eigenvalue weighted by atomic mass is 32.2. The van der Waals surface area contributed by atoms with Crippen LogP contribution in [-0.2, 0) is 14.3 Å². The highest BCUT2D eigenvalue weighted by Crippen LogP contribution is 2.17. The van der Waals surface area contributed by atoms with Crippen molar-refractivity contribution in [2.75, 3.05) is 6.61 Å². The Morgan fingerprint density at radius 3 is 2.22 bits per heavy atom. The van der Waals surface area contributed by atoms with Gasteiger partial charge in [-0.1, -0.05) is 51.5 Å². The van der Waals surface area contributed by atoms with Crippen LogP contribution < -0.4 is 0 Å². The Morgan fingerprint density at radius 1 is 1.22 bits per heavy atom. The van der Waals surface area contributed by atoms with Crippen LogP contribution in [0.3, 0.4) is 0 Å². The lowest BCUT2D eigenvalue weighted by molar-refractivity contribution is 0.246. The van der Waals surface area contributed by atoms with Crippen molar-refractivity contribution in [1.82, 2.24) is 0 Å². The van der Waals surface area contributed by atoms with Gasteiger partial charge in [-0.05, 0) is 23.6 Å². The molecule has 1 aromatic carbocycles. The molecule has 0 radical (unpaired) electrons. The van der Waals surface area contributed by atoms with Crippen molar-refractivity contribution in [3.63, 3.8) is 0 Å². The van der Waals surface area contributed by atoms with Crippen molar-refractivity contribution in [1.29, 1.82) is 0 Å². The molecular formula is C14H20O3S. The monoisotopic (exact) mass is 268 g/mol. The van der Waals surface area contributed by atoms with E-state index in [2.05, 4.69) is 6.58 Å². The molecule has 0 amide bonds. The average Bonchev–Trinajstić information content (AvgIpc) is 2.40. The molecule has 3 nitrogen and oxygen atoms in total. The molecule has 0 heterocycles. The molecule has 0 fully saturated rings. The molecule has 0 saturated heterocycles. The maximum atomic E-state index is 11.9. The molecule has 0 aliphatic carbocycles. The third kappa shape index (κ3) is 3.96. The fourth-order valence-electron chi connectivity index (χ4n) is 1.55. The van der Waals surface area contributed by atoms with E-state index in [1.54, 1.807) is 30.3 Å². The summed E-state index contributed by atoms with van der Waals surface area (Å²) >= 11 is 0. The minimum Gasteiger partial charge on any atom is -0.266 e. The first-order valence-corrected chi connectivity index (χ1v) is 7.56. The van der Waals surface area contributed by atoms with Gasteiger partial charge in [-0.25, -0.2) is 0 Å². The molecule has 0 atom stereocenters. The molecule has 18 heavy (non-hydrogen) atoms. The Kier molecular flexibility index (Phi) is 5.56.